The van der Waals surface area contributed by atoms with Crippen molar-refractivity contribution >= 4 is 60.1 Å². The number of rotatable bonds is 2. The van der Waals surface area contributed by atoms with Gasteiger partial charge in [-0.1, -0.05) is 11.6 Å². The van der Waals surface area contributed by atoms with E-state index in [2.05, 4.69) is 37.0 Å². The summed E-state index contributed by atoms with van der Waals surface area (Å²) >= 11 is 12.9. The third-order valence-electron chi connectivity index (χ3n) is 3.22. The van der Waals surface area contributed by atoms with Crippen LogP contribution in [-0.2, 0) is 7.05 Å². The summed E-state index contributed by atoms with van der Waals surface area (Å²) in [6.07, 6.45) is 1.81. The fourth-order valence-corrected chi connectivity index (χ4v) is 4.04. The second-order valence-corrected chi connectivity index (χ2v) is 6.79. The van der Waals surface area contributed by atoms with Crippen LogP contribution in [0.3, 0.4) is 0 Å². The highest BCUT2D eigenvalue weighted by Crippen LogP contribution is 2.35. The zero-order valence-corrected chi connectivity index (χ0v) is 15.1. The molecule has 0 fully saturated rings. The first kappa shape index (κ1) is 15.6. The lowest BCUT2D eigenvalue weighted by atomic mass is 10.0. The van der Waals surface area contributed by atoms with Crippen molar-refractivity contribution in [1.82, 2.24) is 9.78 Å². The normalized spacial score (nSPS) is 11.1. The van der Waals surface area contributed by atoms with E-state index in [0.717, 1.165) is 17.0 Å². The number of halogens is 4. The SMILES string of the molecule is Cn1cc2c(Br)c(C(=O)c3ccc(F)cc3Cl)c(Br)cc2n1. The zero-order valence-electron chi connectivity index (χ0n) is 11.2. The summed E-state index contributed by atoms with van der Waals surface area (Å²) in [6, 6.07) is 5.49. The van der Waals surface area contributed by atoms with Crippen LogP contribution in [0.15, 0.2) is 39.4 Å². The maximum Gasteiger partial charge on any atom is 0.196 e. The van der Waals surface area contributed by atoms with Crippen LogP contribution in [0.1, 0.15) is 15.9 Å². The molecule has 0 amide bonds. The smallest absolute Gasteiger partial charge is 0.196 e. The molecule has 0 atom stereocenters. The van der Waals surface area contributed by atoms with Crippen molar-refractivity contribution in [3.05, 3.63) is 61.4 Å². The summed E-state index contributed by atoms with van der Waals surface area (Å²) < 4.78 is 16.0. The molecule has 2 aromatic carbocycles. The molecule has 112 valence electrons. The van der Waals surface area contributed by atoms with E-state index < -0.39 is 5.82 Å². The first-order valence-corrected chi connectivity index (χ1v) is 8.16. The molecule has 1 aromatic heterocycles. The van der Waals surface area contributed by atoms with Crippen LogP contribution >= 0.6 is 43.5 Å². The Kier molecular flexibility index (Phi) is 4.09. The Morgan fingerprint density at radius 2 is 2.05 bits per heavy atom. The van der Waals surface area contributed by atoms with E-state index in [4.69, 9.17) is 11.6 Å². The number of carbonyl (C=O) groups is 1. The molecule has 3 nitrogen and oxygen atoms in total. The number of nitrogens with zero attached hydrogens (tertiary/aromatic N) is 2. The van der Waals surface area contributed by atoms with Gasteiger partial charge in [0, 0.05) is 33.1 Å². The van der Waals surface area contributed by atoms with Gasteiger partial charge in [0.2, 0.25) is 0 Å². The van der Waals surface area contributed by atoms with Crippen LogP contribution in [0, 0.1) is 5.82 Å². The van der Waals surface area contributed by atoms with Crippen molar-refractivity contribution in [2.75, 3.05) is 0 Å². The Labute approximate surface area is 147 Å². The minimum absolute atomic E-state index is 0.0788. The molecule has 22 heavy (non-hydrogen) atoms. The fraction of sp³-hybridized carbons (Fsp3) is 0.0667. The third-order valence-corrected chi connectivity index (χ3v) is 4.98. The summed E-state index contributed by atoms with van der Waals surface area (Å²) in [7, 11) is 1.80. The molecule has 7 heteroatoms. The maximum atomic E-state index is 13.2. The summed E-state index contributed by atoms with van der Waals surface area (Å²) in [5.41, 5.74) is 1.42. The van der Waals surface area contributed by atoms with Gasteiger partial charge in [0.25, 0.3) is 0 Å². The largest absolute Gasteiger partial charge is 0.288 e. The predicted molar refractivity (Wildman–Crippen MR) is 91.0 cm³/mol. The molecule has 3 rings (SSSR count). The molecule has 0 unspecified atom stereocenters. The zero-order chi connectivity index (χ0) is 16.0. The highest BCUT2D eigenvalue weighted by molar-refractivity contribution is 9.11. The molecular weight excluding hydrogens is 438 g/mol. The van der Waals surface area contributed by atoms with E-state index in [1.807, 2.05) is 6.20 Å². The van der Waals surface area contributed by atoms with Gasteiger partial charge in [-0.05, 0) is 56.1 Å². The second kappa shape index (κ2) is 5.76. The number of ketones is 1. The highest BCUT2D eigenvalue weighted by atomic mass is 79.9. The number of aryl methyl sites for hydroxylation is 1. The Morgan fingerprint density at radius 3 is 2.73 bits per heavy atom. The molecule has 0 saturated carbocycles. The Balaban J connectivity index is 2.22. The topological polar surface area (TPSA) is 34.9 Å². The number of benzene rings is 2. The van der Waals surface area contributed by atoms with Crippen molar-refractivity contribution < 1.29 is 9.18 Å². The van der Waals surface area contributed by atoms with Crippen LogP contribution in [0.4, 0.5) is 4.39 Å². The van der Waals surface area contributed by atoms with Crippen molar-refractivity contribution in [1.29, 1.82) is 0 Å². The predicted octanol–water partition coefficient (Wildman–Crippen LogP) is 5.12. The van der Waals surface area contributed by atoms with Crippen LogP contribution in [0.5, 0.6) is 0 Å². The molecule has 0 radical (unpaired) electrons. The van der Waals surface area contributed by atoms with E-state index in [1.165, 1.54) is 12.1 Å². The van der Waals surface area contributed by atoms with E-state index >= 15 is 0 Å². The molecule has 3 aromatic rings. The average molecular weight is 447 g/mol. The summed E-state index contributed by atoms with van der Waals surface area (Å²) in [4.78, 5) is 12.8. The number of hydrogen-bond acceptors (Lipinski definition) is 2. The van der Waals surface area contributed by atoms with E-state index in [9.17, 15) is 9.18 Å². The monoisotopic (exact) mass is 444 g/mol. The number of hydrogen-bond donors (Lipinski definition) is 0. The van der Waals surface area contributed by atoms with Gasteiger partial charge in [-0.15, -0.1) is 0 Å². The second-order valence-electron chi connectivity index (χ2n) is 4.74. The molecule has 0 aliphatic rings. The lowest BCUT2D eigenvalue weighted by molar-refractivity contribution is 0.103. The Morgan fingerprint density at radius 1 is 1.32 bits per heavy atom. The maximum absolute atomic E-state index is 13.2. The van der Waals surface area contributed by atoms with Gasteiger partial charge < -0.3 is 0 Å². The first-order valence-electron chi connectivity index (χ1n) is 6.19. The van der Waals surface area contributed by atoms with Gasteiger partial charge in [-0.25, -0.2) is 4.39 Å². The van der Waals surface area contributed by atoms with Gasteiger partial charge in [0.1, 0.15) is 5.82 Å². The summed E-state index contributed by atoms with van der Waals surface area (Å²) in [5, 5.41) is 5.20. The molecule has 0 bridgehead atoms. The minimum atomic E-state index is -0.484. The lowest BCUT2D eigenvalue weighted by Crippen LogP contribution is -2.05. The van der Waals surface area contributed by atoms with Gasteiger partial charge in [0.05, 0.1) is 16.1 Å². The standard InChI is InChI=1S/C15H8Br2ClFN2O/c1-21-6-9-12(20-21)5-10(16)13(14(9)17)15(22)8-3-2-7(19)4-11(8)18/h2-6H,1H3. The molecule has 1 heterocycles. The molecule has 0 aliphatic heterocycles. The average Bonchev–Trinajstić information content (AvgIpc) is 2.79. The van der Waals surface area contributed by atoms with Crippen molar-refractivity contribution in [3.63, 3.8) is 0 Å². The van der Waals surface area contributed by atoms with E-state index in [1.54, 1.807) is 17.8 Å². The highest BCUT2D eigenvalue weighted by Gasteiger charge is 2.22. The number of fused-ring (bicyclic) bond motifs is 1. The lowest BCUT2D eigenvalue weighted by Gasteiger charge is -2.09. The summed E-state index contributed by atoms with van der Waals surface area (Å²) in [6.45, 7) is 0. The molecule has 0 aliphatic carbocycles. The third kappa shape index (κ3) is 2.59. The van der Waals surface area contributed by atoms with Gasteiger partial charge in [0.15, 0.2) is 5.78 Å². The minimum Gasteiger partial charge on any atom is -0.288 e. The van der Waals surface area contributed by atoms with Crippen LogP contribution < -0.4 is 0 Å². The molecular formula is C15H8Br2ClFN2O. The Hall–Kier alpha value is -1.24. The van der Waals surface area contributed by atoms with Crippen molar-refractivity contribution in [2.24, 2.45) is 7.05 Å². The summed E-state index contributed by atoms with van der Waals surface area (Å²) in [5.74, 6) is -0.781. The number of carbonyl (C=O) groups excluding carboxylic acids is 1. The van der Waals surface area contributed by atoms with Crippen molar-refractivity contribution in [3.8, 4) is 0 Å². The quantitative estimate of drug-likeness (QED) is 0.512. The van der Waals surface area contributed by atoms with E-state index in [0.29, 0.717) is 14.5 Å². The van der Waals surface area contributed by atoms with Crippen LogP contribution in [-0.4, -0.2) is 15.6 Å². The molecule has 0 saturated heterocycles. The first-order chi connectivity index (χ1) is 10.4. The van der Waals surface area contributed by atoms with Crippen molar-refractivity contribution in [2.45, 2.75) is 0 Å². The van der Waals surface area contributed by atoms with Gasteiger partial charge in [-0.2, -0.15) is 5.10 Å². The van der Waals surface area contributed by atoms with E-state index in [-0.39, 0.29) is 16.4 Å². The van der Waals surface area contributed by atoms with Gasteiger partial charge >= 0.3 is 0 Å². The van der Waals surface area contributed by atoms with Gasteiger partial charge in [-0.3, -0.25) is 9.48 Å². The molecule has 0 spiro atoms. The number of aromatic nitrogens is 2. The fourth-order valence-electron chi connectivity index (χ4n) is 2.23. The molecule has 0 N–H and O–H groups in total. The van der Waals surface area contributed by atoms with Crippen LogP contribution in [0.2, 0.25) is 5.02 Å². The van der Waals surface area contributed by atoms with Crippen LogP contribution in [0.25, 0.3) is 10.9 Å². The Bertz CT molecular complexity index is 924.